The first kappa shape index (κ1) is 20.0. The van der Waals surface area contributed by atoms with Crippen LogP contribution in [0, 0.1) is 5.92 Å². The molecule has 1 heterocycles. The Morgan fingerprint density at radius 2 is 2.00 bits per heavy atom. The van der Waals surface area contributed by atoms with Crippen LogP contribution in [0.5, 0.6) is 0 Å². The monoisotopic (exact) mass is 457 g/mol. The molecule has 0 unspecified atom stereocenters. The van der Waals surface area contributed by atoms with Crippen LogP contribution in [0.2, 0.25) is 0 Å². The third kappa shape index (κ3) is 4.86. The summed E-state index contributed by atoms with van der Waals surface area (Å²) >= 11 is 0. The van der Waals surface area contributed by atoms with Crippen molar-refractivity contribution in [1.82, 2.24) is 10.2 Å². The first-order chi connectivity index (χ1) is 11.7. The number of fused-ring (bicyclic) bond motifs is 1. The molecule has 1 aromatic rings. The highest BCUT2D eigenvalue weighted by Gasteiger charge is 2.26. The maximum atomic E-state index is 11.6. The summed E-state index contributed by atoms with van der Waals surface area (Å²) in [5.74, 6) is 0.857. The SMILES string of the molecule is CN=C(NCc1ccc2c(c1)CCC2)N1CCC(C(=O)OC)CC1.I. The van der Waals surface area contributed by atoms with Crippen LogP contribution < -0.4 is 5.32 Å². The molecule has 0 aromatic heterocycles. The van der Waals surface area contributed by atoms with Gasteiger partial charge in [0.15, 0.2) is 5.96 Å². The van der Waals surface area contributed by atoms with Gasteiger partial charge in [-0.1, -0.05) is 18.2 Å². The fourth-order valence-corrected chi connectivity index (χ4v) is 3.74. The molecule has 5 nitrogen and oxygen atoms in total. The number of ether oxygens (including phenoxy) is 1. The van der Waals surface area contributed by atoms with Gasteiger partial charge in [0.2, 0.25) is 0 Å². The number of carbonyl (C=O) groups is 1. The van der Waals surface area contributed by atoms with Gasteiger partial charge in [0.05, 0.1) is 13.0 Å². The fourth-order valence-electron chi connectivity index (χ4n) is 3.74. The number of guanidine groups is 1. The van der Waals surface area contributed by atoms with Crippen molar-refractivity contribution in [2.24, 2.45) is 10.9 Å². The molecule has 1 aliphatic heterocycles. The van der Waals surface area contributed by atoms with Crippen LogP contribution in [-0.2, 0) is 28.9 Å². The molecule has 1 aliphatic carbocycles. The molecule has 2 aliphatic rings. The van der Waals surface area contributed by atoms with Crippen molar-refractivity contribution in [2.75, 3.05) is 27.2 Å². The Balaban J connectivity index is 0.00000225. The van der Waals surface area contributed by atoms with E-state index in [-0.39, 0.29) is 35.9 Å². The minimum Gasteiger partial charge on any atom is -0.469 e. The van der Waals surface area contributed by atoms with Gasteiger partial charge in [-0.25, -0.2) is 0 Å². The molecule has 1 aromatic carbocycles. The van der Waals surface area contributed by atoms with Gasteiger partial charge in [0.25, 0.3) is 0 Å². The highest BCUT2D eigenvalue weighted by Crippen LogP contribution is 2.23. The van der Waals surface area contributed by atoms with Crippen LogP contribution in [0.25, 0.3) is 0 Å². The highest BCUT2D eigenvalue weighted by atomic mass is 127. The Kier molecular flexibility index (Phi) is 7.53. The number of hydrogen-bond acceptors (Lipinski definition) is 3. The van der Waals surface area contributed by atoms with E-state index in [4.69, 9.17) is 4.74 Å². The average Bonchev–Trinajstić information content (AvgIpc) is 3.10. The van der Waals surface area contributed by atoms with E-state index in [0.29, 0.717) is 0 Å². The van der Waals surface area contributed by atoms with Crippen LogP contribution in [0.3, 0.4) is 0 Å². The Morgan fingerprint density at radius 3 is 2.68 bits per heavy atom. The first-order valence-electron chi connectivity index (χ1n) is 8.85. The molecule has 25 heavy (non-hydrogen) atoms. The van der Waals surface area contributed by atoms with Gasteiger partial charge < -0.3 is 15.0 Å². The van der Waals surface area contributed by atoms with E-state index in [2.05, 4.69) is 33.4 Å². The van der Waals surface area contributed by atoms with E-state index in [1.807, 2.05) is 7.05 Å². The molecule has 3 rings (SSSR count). The summed E-state index contributed by atoms with van der Waals surface area (Å²) in [7, 11) is 3.28. The third-order valence-electron chi connectivity index (χ3n) is 5.15. The van der Waals surface area contributed by atoms with Gasteiger partial charge in [0.1, 0.15) is 0 Å². The predicted octanol–water partition coefficient (Wildman–Crippen LogP) is 2.75. The number of methoxy groups -OCH3 is 1. The van der Waals surface area contributed by atoms with Crippen molar-refractivity contribution in [2.45, 2.75) is 38.6 Å². The maximum absolute atomic E-state index is 11.6. The summed E-state index contributed by atoms with van der Waals surface area (Å²) < 4.78 is 4.85. The van der Waals surface area contributed by atoms with Gasteiger partial charge in [0, 0.05) is 26.7 Å². The molecular formula is C19H28IN3O2. The van der Waals surface area contributed by atoms with Gasteiger partial charge >= 0.3 is 5.97 Å². The number of piperidine rings is 1. The van der Waals surface area contributed by atoms with Crippen molar-refractivity contribution < 1.29 is 9.53 Å². The Hall–Kier alpha value is -1.31. The minimum absolute atomic E-state index is 0. The second kappa shape index (κ2) is 9.40. The summed E-state index contributed by atoms with van der Waals surface area (Å²) in [5, 5.41) is 3.46. The van der Waals surface area contributed by atoms with E-state index >= 15 is 0 Å². The van der Waals surface area contributed by atoms with Gasteiger partial charge in [-0.15, -0.1) is 24.0 Å². The van der Waals surface area contributed by atoms with E-state index in [1.54, 1.807) is 0 Å². The molecule has 138 valence electrons. The Bertz CT molecular complexity index is 625. The van der Waals surface area contributed by atoms with Crippen molar-refractivity contribution in [3.05, 3.63) is 34.9 Å². The highest BCUT2D eigenvalue weighted by molar-refractivity contribution is 14.0. The number of aliphatic imine (C=N–C) groups is 1. The molecule has 1 N–H and O–H groups in total. The van der Waals surface area contributed by atoms with E-state index < -0.39 is 0 Å². The number of rotatable bonds is 3. The van der Waals surface area contributed by atoms with Crippen LogP contribution in [0.1, 0.15) is 36.0 Å². The van der Waals surface area contributed by atoms with Crippen LogP contribution in [-0.4, -0.2) is 44.1 Å². The van der Waals surface area contributed by atoms with E-state index in [1.165, 1.54) is 43.1 Å². The number of nitrogens with one attached hydrogen (secondary N) is 1. The van der Waals surface area contributed by atoms with Crippen LogP contribution in [0.4, 0.5) is 0 Å². The minimum atomic E-state index is -0.0873. The van der Waals surface area contributed by atoms with Crippen molar-refractivity contribution in [3.63, 3.8) is 0 Å². The summed E-state index contributed by atoms with van der Waals surface area (Å²) in [4.78, 5) is 18.3. The van der Waals surface area contributed by atoms with Crippen LogP contribution in [0.15, 0.2) is 23.2 Å². The molecule has 0 atom stereocenters. The number of nitrogens with zero attached hydrogens (tertiary/aromatic N) is 2. The summed E-state index contributed by atoms with van der Waals surface area (Å²) in [6.07, 6.45) is 5.36. The second-order valence-corrected chi connectivity index (χ2v) is 6.64. The number of halogens is 1. The summed E-state index contributed by atoms with van der Waals surface area (Å²) in [5.41, 5.74) is 4.32. The smallest absolute Gasteiger partial charge is 0.308 e. The zero-order chi connectivity index (χ0) is 16.9. The molecule has 0 saturated carbocycles. The zero-order valence-corrected chi connectivity index (χ0v) is 17.4. The van der Waals surface area contributed by atoms with Crippen molar-refractivity contribution >= 4 is 35.9 Å². The molecule has 0 spiro atoms. The third-order valence-corrected chi connectivity index (χ3v) is 5.15. The van der Waals surface area contributed by atoms with Crippen molar-refractivity contribution in [3.8, 4) is 0 Å². The maximum Gasteiger partial charge on any atom is 0.308 e. The molecule has 6 heteroatoms. The number of benzene rings is 1. The Labute approximate surface area is 167 Å². The lowest BCUT2D eigenvalue weighted by Crippen LogP contribution is -2.46. The molecule has 1 fully saturated rings. The Morgan fingerprint density at radius 1 is 1.28 bits per heavy atom. The van der Waals surface area contributed by atoms with Gasteiger partial charge in [-0.05, 0) is 48.8 Å². The van der Waals surface area contributed by atoms with E-state index in [9.17, 15) is 4.79 Å². The van der Waals surface area contributed by atoms with Gasteiger partial charge in [-0.3, -0.25) is 9.79 Å². The largest absolute Gasteiger partial charge is 0.469 e. The fraction of sp³-hybridized carbons (Fsp3) is 0.579. The molecule has 0 amide bonds. The summed E-state index contributed by atoms with van der Waals surface area (Å²) in [6, 6.07) is 6.81. The summed E-state index contributed by atoms with van der Waals surface area (Å²) in [6.45, 7) is 2.46. The lowest BCUT2D eigenvalue weighted by molar-refractivity contribution is -0.146. The topological polar surface area (TPSA) is 53.9 Å². The lowest BCUT2D eigenvalue weighted by atomic mass is 9.97. The van der Waals surface area contributed by atoms with Crippen LogP contribution >= 0.6 is 24.0 Å². The van der Waals surface area contributed by atoms with Crippen molar-refractivity contribution in [1.29, 1.82) is 0 Å². The molecule has 0 bridgehead atoms. The van der Waals surface area contributed by atoms with Gasteiger partial charge in [-0.2, -0.15) is 0 Å². The second-order valence-electron chi connectivity index (χ2n) is 6.64. The standard InChI is InChI=1S/C19H27N3O2.HI/c1-20-19(22-10-8-16(9-11-22)18(23)24-2)21-13-14-6-7-15-4-3-5-17(15)12-14;/h6-7,12,16H,3-5,8-11,13H2,1-2H3,(H,20,21);1H. The molecule has 0 radical (unpaired) electrons. The van der Waals surface area contributed by atoms with E-state index in [0.717, 1.165) is 38.4 Å². The number of esters is 1. The normalized spacial score (nSPS) is 17.7. The quantitative estimate of drug-likeness (QED) is 0.328. The zero-order valence-electron chi connectivity index (χ0n) is 15.1. The number of likely N-dealkylation sites (tertiary alicyclic amines) is 1. The molecule has 1 saturated heterocycles. The molecular weight excluding hydrogens is 429 g/mol. The lowest BCUT2D eigenvalue weighted by Gasteiger charge is -2.33. The predicted molar refractivity (Wildman–Crippen MR) is 110 cm³/mol. The number of hydrogen-bond donors (Lipinski definition) is 1. The number of aryl methyl sites for hydroxylation is 2. The average molecular weight is 457 g/mol. The first-order valence-corrected chi connectivity index (χ1v) is 8.85. The number of carbonyl (C=O) groups excluding carboxylic acids is 1.